The number of benzene rings is 1. The lowest BCUT2D eigenvalue weighted by molar-refractivity contribution is -0.923. The average Bonchev–Trinajstić information content (AvgIpc) is 2.73. The second kappa shape index (κ2) is 18.0. The Morgan fingerprint density at radius 1 is 0.517 bits per heavy atom. The molecule has 0 aliphatic rings. The van der Waals surface area contributed by atoms with Gasteiger partial charge in [-0.25, -0.2) is 0 Å². The Labute approximate surface area is 183 Å². The van der Waals surface area contributed by atoms with E-state index in [4.69, 9.17) is 0 Å². The highest BCUT2D eigenvalue weighted by Crippen LogP contribution is 2.17. The molecule has 0 saturated carbocycles. The monoisotopic (exact) mass is 402 g/mol. The third-order valence-corrected chi connectivity index (χ3v) is 6.51. The van der Waals surface area contributed by atoms with Crippen LogP contribution in [0.25, 0.3) is 0 Å². The summed E-state index contributed by atoms with van der Waals surface area (Å²) in [6.45, 7) is 8.48. The van der Waals surface area contributed by atoms with Gasteiger partial charge in [0.1, 0.15) is 6.54 Å². The largest absolute Gasteiger partial charge is 0.322 e. The molecule has 1 rings (SSSR count). The molecule has 0 aromatic heterocycles. The summed E-state index contributed by atoms with van der Waals surface area (Å²) in [5.74, 6) is 0. The molecule has 168 valence electrons. The van der Waals surface area contributed by atoms with Crippen molar-refractivity contribution in [2.75, 3.05) is 20.1 Å². The van der Waals surface area contributed by atoms with Crippen LogP contribution in [0.2, 0.25) is 0 Å². The molecule has 0 heterocycles. The Balaban J connectivity index is 2.04. The molecule has 29 heavy (non-hydrogen) atoms. The zero-order valence-corrected chi connectivity index (χ0v) is 20.3. The van der Waals surface area contributed by atoms with E-state index in [0.29, 0.717) is 0 Å². The van der Waals surface area contributed by atoms with Gasteiger partial charge in [0.05, 0.1) is 20.1 Å². The van der Waals surface area contributed by atoms with Gasteiger partial charge >= 0.3 is 0 Å². The zero-order valence-electron chi connectivity index (χ0n) is 20.3. The molecule has 0 aliphatic carbocycles. The molecule has 1 aromatic rings. The van der Waals surface area contributed by atoms with Crippen LogP contribution in [0.3, 0.4) is 0 Å². The molecule has 0 radical (unpaired) electrons. The highest BCUT2D eigenvalue weighted by Gasteiger charge is 2.20. The number of rotatable bonds is 20. The molecular formula is C28H52N+. The first-order valence-corrected chi connectivity index (χ1v) is 13.1. The summed E-state index contributed by atoms with van der Waals surface area (Å²) >= 11 is 0. The van der Waals surface area contributed by atoms with Crippen molar-refractivity contribution in [1.82, 2.24) is 0 Å². The molecule has 1 atom stereocenters. The van der Waals surface area contributed by atoms with Crippen molar-refractivity contribution in [2.24, 2.45) is 0 Å². The first-order valence-electron chi connectivity index (χ1n) is 13.1. The van der Waals surface area contributed by atoms with Crippen molar-refractivity contribution >= 4 is 0 Å². The molecule has 1 nitrogen and oxygen atoms in total. The van der Waals surface area contributed by atoms with Gasteiger partial charge in [-0.2, -0.15) is 0 Å². The van der Waals surface area contributed by atoms with E-state index >= 15 is 0 Å². The third kappa shape index (κ3) is 14.8. The number of unbranched alkanes of at least 4 members (excludes halogenated alkanes) is 14. The van der Waals surface area contributed by atoms with Gasteiger partial charge < -0.3 is 4.48 Å². The van der Waals surface area contributed by atoms with Crippen LogP contribution in [-0.4, -0.2) is 24.6 Å². The molecule has 1 heteroatoms. The lowest BCUT2D eigenvalue weighted by Gasteiger charge is -2.35. The van der Waals surface area contributed by atoms with Crippen LogP contribution in [0.15, 0.2) is 30.3 Å². The van der Waals surface area contributed by atoms with Gasteiger partial charge in [0.25, 0.3) is 0 Å². The predicted molar refractivity (Wildman–Crippen MR) is 131 cm³/mol. The summed E-state index contributed by atoms with van der Waals surface area (Å²) < 4.78 is 1.22. The van der Waals surface area contributed by atoms with E-state index in [9.17, 15) is 0 Å². The number of quaternary nitrogens is 1. The average molecular weight is 403 g/mol. The van der Waals surface area contributed by atoms with E-state index in [0.717, 1.165) is 0 Å². The molecule has 1 aromatic carbocycles. The van der Waals surface area contributed by atoms with Crippen LogP contribution in [0.5, 0.6) is 0 Å². The van der Waals surface area contributed by atoms with Gasteiger partial charge in [0, 0.05) is 5.56 Å². The van der Waals surface area contributed by atoms with Crippen molar-refractivity contribution in [1.29, 1.82) is 0 Å². The second-order valence-electron chi connectivity index (χ2n) is 9.66. The third-order valence-electron chi connectivity index (χ3n) is 6.51. The van der Waals surface area contributed by atoms with Crippen LogP contribution in [0, 0.1) is 0 Å². The van der Waals surface area contributed by atoms with E-state index in [-0.39, 0.29) is 0 Å². The van der Waals surface area contributed by atoms with Crippen LogP contribution in [0.4, 0.5) is 0 Å². The van der Waals surface area contributed by atoms with Gasteiger partial charge in [0.2, 0.25) is 0 Å². The number of hydrogen-bond donors (Lipinski definition) is 0. The lowest BCUT2D eigenvalue weighted by Crippen LogP contribution is -2.44. The fourth-order valence-electron chi connectivity index (χ4n) is 4.52. The molecule has 0 aliphatic heterocycles. The van der Waals surface area contributed by atoms with E-state index in [1.54, 1.807) is 0 Å². The maximum atomic E-state index is 2.48. The van der Waals surface area contributed by atoms with Crippen molar-refractivity contribution in [3.63, 3.8) is 0 Å². The van der Waals surface area contributed by atoms with Crippen molar-refractivity contribution in [3.8, 4) is 0 Å². The van der Waals surface area contributed by atoms with Crippen molar-refractivity contribution < 1.29 is 4.48 Å². The normalized spacial score (nSPS) is 13.5. The lowest BCUT2D eigenvalue weighted by atomic mass is 10.0. The fourth-order valence-corrected chi connectivity index (χ4v) is 4.52. The van der Waals surface area contributed by atoms with E-state index in [1.165, 1.54) is 132 Å². The standard InChI is InChI=1S/C28H52N/c1-4-6-8-9-10-11-12-13-14-15-16-17-18-22-26-29(3,25-7-5-2)27-28-23-20-19-21-24-28/h19-21,23-24H,4-18,22,25-27H2,1-3H3/q+1. The molecule has 1 unspecified atom stereocenters. The van der Waals surface area contributed by atoms with Gasteiger partial charge in [-0.3, -0.25) is 0 Å². The summed E-state index contributed by atoms with van der Waals surface area (Å²) in [5, 5.41) is 0. The van der Waals surface area contributed by atoms with Gasteiger partial charge in [-0.1, -0.05) is 128 Å². The van der Waals surface area contributed by atoms with Crippen molar-refractivity contribution in [2.45, 2.75) is 123 Å². The number of hydrogen-bond acceptors (Lipinski definition) is 0. The molecule has 0 bridgehead atoms. The summed E-state index contributed by atoms with van der Waals surface area (Å²) in [5.41, 5.74) is 1.50. The quantitative estimate of drug-likeness (QED) is 0.151. The Morgan fingerprint density at radius 3 is 1.41 bits per heavy atom. The zero-order chi connectivity index (χ0) is 21.0. The summed E-state index contributed by atoms with van der Waals surface area (Å²) in [6, 6.07) is 11.1. The first-order chi connectivity index (χ1) is 14.2. The predicted octanol–water partition coefficient (Wildman–Crippen LogP) is 8.91. The smallest absolute Gasteiger partial charge is 0.104 e. The van der Waals surface area contributed by atoms with Gasteiger partial charge in [0.15, 0.2) is 0 Å². The maximum Gasteiger partial charge on any atom is 0.104 e. The number of nitrogens with zero attached hydrogens (tertiary/aromatic N) is 1. The molecule has 0 spiro atoms. The Bertz CT molecular complexity index is 455. The molecular weight excluding hydrogens is 350 g/mol. The van der Waals surface area contributed by atoms with E-state index in [1.807, 2.05) is 0 Å². The second-order valence-corrected chi connectivity index (χ2v) is 9.66. The molecule has 0 N–H and O–H groups in total. The van der Waals surface area contributed by atoms with Crippen LogP contribution < -0.4 is 0 Å². The minimum Gasteiger partial charge on any atom is -0.322 e. The first kappa shape index (κ1) is 26.2. The van der Waals surface area contributed by atoms with E-state index in [2.05, 4.69) is 51.2 Å². The minimum atomic E-state index is 1.19. The van der Waals surface area contributed by atoms with E-state index < -0.39 is 0 Å². The Kier molecular flexibility index (Phi) is 16.3. The van der Waals surface area contributed by atoms with Crippen molar-refractivity contribution in [3.05, 3.63) is 35.9 Å². The minimum absolute atomic E-state index is 1.19. The summed E-state index contributed by atoms with van der Waals surface area (Å²) in [4.78, 5) is 0. The summed E-state index contributed by atoms with van der Waals surface area (Å²) in [7, 11) is 2.48. The highest BCUT2D eigenvalue weighted by atomic mass is 15.3. The summed E-state index contributed by atoms with van der Waals surface area (Å²) in [6.07, 6.45) is 22.9. The molecule has 0 amide bonds. The van der Waals surface area contributed by atoms with Crippen LogP contribution in [-0.2, 0) is 6.54 Å². The van der Waals surface area contributed by atoms with Crippen LogP contribution >= 0.6 is 0 Å². The van der Waals surface area contributed by atoms with Gasteiger partial charge in [-0.15, -0.1) is 0 Å². The van der Waals surface area contributed by atoms with Gasteiger partial charge in [-0.05, 0) is 19.3 Å². The Morgan fingerprint density at radius 2 is 0.931 bits per heavy atom. The molecule has 0 saturated heterocycles. The fraction of sp³-hybridized carbons (Fsp3) is 0.786. The Hall–Kier alpha value is -0.820. The van der Waals surface area contributed by atoms with Crippen LogP contribution in [0.1, 0.15) is 122 Å². The maximum absolute atomic E-state index is 2.48. The molecule has 0 fully saturated rings. The topological polar surface area (TPSA) is 0 Å². The highest BCUT2D eigenvalue weighted by molar-refractivity contribution is 5.13. The SMILES string of the molecule is CCCCCCCCCCCCCCCC[N+](C)(CCCC)Cc1ccccc1.